The molecular weight excluding hydrogens is 328 g/mol. The number of fused-ring (bicyclic) bond motifs is 3. The van der Waals surface area contributed by atoms with Gasteiger partial charge in [0.05, 0.1) is 6.61 Å². The summed E-state index contributed by atoms with van der Waals surface area (Å²) in [4.78, 5) is 27.2. The van der Waals surface area contributed by atoms with Gasteiger partial charge in [-0.05, 0) is 61.9 Å². The number of aliphatic hydroxyl groups excluding tert-OH is 1. The van der Waals surface area contributed by atoms with Crippen LogP contribution in [0.4, 0.5) is 5.69 Å². The highest BCUT2D eigenvalue weighted by molar-refractivity contribution is 6.06. The van der Waals surface area contributed by atoms with Crippen molar-refractivity contribution in [2.24, 2.45) is 5.92 Å². The van der Waals surface area contributed by atoms with E-state index in [0.29, 0.717) is 19.4 Å². The first-order valence-electron chi connectivity index (χ1n) is 9.90. The largest absolute Gasteiger partial charge is 0.395 e. The van der Waals surface area contributed by atoms with Crippen LogP contribution >= 0.6 is 0 Å². The van der Waals surface area contributed by atoms with E-state index in [2.05, 4.69) is 12.2 Å². The number of rotatable bonds is 7. The summed E-state index contributed by atoms with van der Waals surface area (Å²) in [5.41, 5.74) is 4.96. The lowest BCUT2D eigenvalue weighted by Gasteiger charge is -2.34. The van der Waals surface area contributed by atoms with Gasteiger partial charge < -0.3 is 15.3 Å². The number of nitrogens with one attached hydrogen (secondary N) is 1. The summed E-state index contributed by atoms with van der Waals surface area (Å²) >= 11 is 0. The number of nitrogens with zero attached hydrogens (tertiary/aromatic N) is 1. The van der Waals surface area contributed by atoms with Crippen LogP contribution < -0.4 is 10.2 Å². The van der Waals surface area contributed by atoms with Gasteiger partial charge >= 0.3 is 0 Å². The summed E-state index contributed by atoms with van der Waals surface area (Å²) in [6, 6.07) is 2.04. The van der Waals surface area contributed by atoms with E-state index < -0.39 is 0 Å². The van der Waals surface area contributed by atoms with Crippen molar-refractivity contribution >= 4 is 17.4 Å². The van der Waals surface area contributed by atoms with Gasteiger partial charge in [0.2, 0.25) is 5.91 Å². The van der Waals surface area contributed by atoms with Crippen molar-refractivity contribution in [2.45, 2.75) is 52.4 Å². The van der Waals surface area contributed by atoms with Gasteiger partial charge in [-0.2, -0.15) is 0 Å². The second-order valence-electron chi connectivity index (χ2n) is 7.47. The maximum Gasteiger partial charge on any atom is 0.227 e. The number of carbonyl (C=O) groups is 2. The molecule has 1 unspecified atom stereocenters. The first-order valence-corrected chi connectivity index (χ1v) is 9.90. The summed E-state index contributed by atoms with van der Waals surface area (Å²) in [6.45, 7) is 6.11. The highest BCUT2D eigenvalue weighted by atomic mass is 16.3. The lowest BCUT2D eigenvalue weighted by molar-refractivity contribution is -0.119. The van der Waals surface area contributed by atoms with Crippen molar-refractivity contribution in [3.63, 3.8) is 0 Å². The molecule has 2 aliphatic rings. The maximum atomic E-state index is 13.3. The number of carbonyl (C=O) groups excluding carboxylic acids is 2. The summed E-state index contributed by atoms with van der Waals surface area (Å²) in [7, 11) is 0. The molecule has 1 atom stereocenters. The number of amides is 1. The molecular formula is C21H30N2O3. The number of hydrogen-bond acceptors (Lipinski definition) is 4. The Labute approximate surface area is 155 Å². The predicted molar refractivity (Wildman–Crippen MR) is 103 cm³/mol. The van der Waals surface area contributed by atoms with E-state index in [-0.39, 0.29) is 24.2 Å². The third-order valence-corrected chi connectivity index (χ3v) is 5.70. The SMILES string of the molecule is CCCCNCC1CCc2c(C)cc3c(c2C1=O)CCC(=O)N3CCO. The molecule has 0 radical (unpaired) electrons. The number of Topliss-reactive ketones (excluding diaryl/α,β-unsaturated/α-hetero) is 1. The van der Waals surface area contributed by atoms with Crippen molar-refractivity contribution in [3.05, 3.63) is 28.3 Å². The molecule has 0 saturated heterocycles. The molecule has 1 aromatic rings. The van der Waals surface area contributed by atoms with Gasteiger partial charge in [-0.25, -0.2) is 0 Å². The summed E-state index contributed by atoms with van der Waals surface area (Å²) < 4.78 is 0. The first-order chi connectivity index (χ1) is 12.6. The molecule has 1 aromatic carbocycles. The topological polar surface area (TPSA) is 69.6 Å². The van der Waals surface area contributed by atoms with Gasteiger partial charge in [-0.1, -0.05) is 13.3 Å². The molecule has 1 amide bonds. The Morgan fingerprint density at radius 1 is 1.23 bits per heavy atom. The minimum absolute atomic E-state index is 0.0224. The molecule has 0 saturated carbocycles. The monoisotopic (exact) mass is 358 g/mol. The smallest absolute Gasteiger partial charge is 0.227 e. The quantitative estimate of drug-likeness (QED) is 0.735. The molecule has 2 N–H and O–H groups in total. The Morgan fingerprint density at radius 3 is 2.77 bits per heavy atom. The Morgan fingerprint density at radius 2 is 2.04 bits per heavy atom. The van der Waals surface area contributed by atoms with Crippen LogP contribution in [0.2, 0.25) is 0 Å². The fourth-order valence-corrected chi connectivity index (χ4v) is 4.27. The summed E-state index contributed by atoms with van der Waals surface area (Å²) in [5.74, 6) is 0.287. The molecule has 1 aliphatic heterocycles. The van der Waals surface area contributed by atoms with Crippen LogP contribution in [0.3, 0.4) is 0 Å². The second-order valence-corrected chi connectivity index (χ2v) is 7.47. The molecule has 1 aliphatic carbocycles. The fourth-order valence-electron chi connectivity index (χ4n) is 4.27. The number of aryl methyl sites for hydroxylation is 1. The average Bonchev–Trinajstić information content (AvgIpc) is 2.63. The van der Waals surface area contributed by atoms with Crippen molar-refractivity contribution in [2.75, 3.05) is 31.1 Å². The number of ketones is 1. The zero-order valence-corrected chi connectivity index (χ0v) is 15.9. The molecule has 3 rings (SSSR count). The van der Waals surface area contributed by atoms with E-state index in [4.69, 9.17) is 0 Å². The third-order valence-electron chi connectivity index (χ3n) is 5.70. The lowest BCUT2D eigenvalue weighted by atomic mass is 9.76. The Bertz CT molecular complexity index is 699. The van der Waals surface area contributed by atoms with E-state index >= 15 is 0 Å². The zero-order chi connectivity index (χ0) is 18.7. The Hall–Kier alpha value is -1.72. The van der Waals surface area contributed by atoms with Gasteiger partial charge in [0.25, 0.3) is 0 Å². The zero-order valence-electron chi connectivity index (χ0n) is 15.9. The van der Waals surface area contributed by atoms with Crippen molar-refractivity contribution in [1.29, 1.82) is 0 Å². The van der Waals surface area contributed by atoms with Crippen molar-refractivity contribution in [3.8, 4) is 0 Å². The van der Waals surface area contributed by atoms with Gasteiger partial charge in [0.1, 0.15) is 0 Å². The summed E-state index contributed by atoms with van der Waals surface area (Å²) in [6.07, 6.45) is 5.13. The van der Waals surface area contributed by atoms with Crippen LogP contribution in [-0.4, -0.2) is 43.0 Å². The van der Waals surface area contributed by atoms with Crippen LogP contribution in [0.5, 0.6) is 0 Å². The number of benzene rings is 1. The van der Waals surface area contributed by atoms with Gasteiger partial charge in [-0.3, -0.25) is 9.59 Å². The van der Waals surface area contributed by atoms with E-state index in [1.165, 1.54) is 0 Å². The van der Waals surface area contributed by atoms with Crippen LogP contribution in [0, 0.1) is 12.8 Å². The number of unbranched alkanes of at least 4 members (excludes halogenated alkanes) is 1. The highest BCUT2D eigenvalue weighted by Gasteiger charge is 2.35. The van der Waals surface area contributed by atoms with Crippen LogP contribution in [0.15, 0.2) is 6.07 Å². The van der Waals surface area contributed by atoms with Crippen molar-refractivity contribution < 1.29 is 14.7 Å². The number of β-amino-alcohol motifs (C(OH)–C–C–N with tert-alkyl or cyclic N) is 1. The van der Waals surface area contributed by atoms with Gasteiger partial charge in [0, 0.05) is 36.7 Å². The lowest BCUT2D eigenvalue weighted by Crippen LogP contribution is -2.40. The highest BCUT2D eigenvalue weighted by Crippen LogP contribution is 2.39. The van der Waals surface area contributed by atoms with Crippen molar-refractivity contribution in [1.82, 2.24) is 5.32 Å². The summed E-state index contributed by atoms with van der Waals surface area (Å²) in [5, 5.41) is 12.8. The first kappa shape index (κ1) is 19.1. The molecule has 0 aromatic heterocycles. The number of aliphatic hydroxyl groups is 1. The van der Waals surface area contributed by atoms with Gasteiger partial charge in [-0.15, -0.1) is 0 Å². The third kappa shape index (κ3) is 3.55. The van der Waals surface area contributed by atoms with E-state index in [0.717, 1.165) is 66.7 Å². The van der Waals surface area contributed by atoms with E-state index in [1.54, 1.807) is 4.90 Å². The number of hydrogen-bond donors (Lipinski definition) is 2. The fraction of sp³-hybridized carbons (Fsp3) is 0.619. The van der Waals surface area contributed by atoms with Gasteiger partial charge in [0.15, 0.2) is 5.78 Å². The molecule has 26 heavy (non-hydrogen) atoms. The number of anilines is 1. The minimum atomic E-state index is -0.0702. The molecule has 0 spiro atoms. The standard InChI is InChI=1S/C21H30N2O3/c1-3-4-9-22-13-15-5-6-16-14(2)12-18-17(20(16)21(15)26)7-8-19(25)23(18)10-11-24/h12,15,22,24H,3-11,13H2,1-2H3. The Balaban J connectivity index is 1.92. The van der Waals surface area contributed by atoms with E-state index in [1.807, 2.05) is 13.0 Å². The molecule has 5 heteroatoms. The van der Waals surface area contributed by atoms with Crippen LogP contribution in [0.25, 0.3) is 0 Å². The van der Waals surface area contributed by atoms with Crippen LogP contribution in [-0.2, 0) is 17.6 Å². The van der Waals surface area contributed by atoms with Crippen LogP contribution in [0.1, 0.15) is 59.7 Å². The maximum absolute atomic E-state index is 13.3. The molecule has 1 heterocycles. The second kappa shape index (κ2) is 8.31. The normalized spacial score (nSPS) is 19.5. The van der Waals surface area contributed by atoms with E-state index in [9.17, 15) is 14.7 Å². The average molecular weight is 358 g/mol. The molecule has 0 bridgehead atoms. The minimum Gasteiger partial charge on any atom is -0.395 e. The Kier molecular flexibility index (Phi) is 6.09. The predicted octanol–water partition coefficient (Wildman–Crippen LogP) is 2.40. The molecule has 5 nitrogen and oxygen atoms in total. The molecule has 0 fully saturated rings. The molecule has 142 valence electrons.